The lowest BCUT2D eigenvalue weighted by Gasteiger charge is -2.25. The van der Waals surface area contributed by atoms with Gasteiger partial charge in [-0.05, 0) is 31.7 Å². The summed E-state index contributed by atoms with van der Waals surface area (Å²) in [5, 5.41) is 12.6. The van der Waals surface area contributed by atoms with Gasteiger partial charge in [0.25, 0.3) is 0 Å². The van der Waals surface area contributed by atoms with Gasteiger partial charge in [-0.1, -0.05) is 0 Å². The molecule has 4 heteroatoms. The second-order valence-corrected chi connectivity index (χ2v) is 3.72. The molecule has 4 nitrogen and oxygen atoms in total. The van der Waals surface area contributed by atoms with Crippen molar-refractivity contribution in [3.8, 4) is 0 Å². The van der Waals surface area contributed by atoms with Crippen LogP contribution in [0.5, 0.6) is 0 Å². The van der Waals surface area contributed by atoms with Crippen LogP contribution in [0.25, 0.3) is 0 Å². The lowest BCUT2D eigenvalue weighted by molar-refractivity contribution is 0.126. The SMILES string of the molecule is O[C@H]1CC[C@H](Nc2ncccn2)CC1. The van der Waals surface area contributed by atoms with Crippen LogP contribution in [-0.4, -0.2) is 27.2 Å². The Kier molecular flexibility index (Phi) is 2.93. The maximum Gasteiger partial charge on any atom is 0.222 e. The Morgan fingerprint density at radius 1 is 1.14 bits per heavy atom. The minimum atomic E-state index is -0.107. The standard InChI is InChI=1S/C10H15N3O/c14-9-4-2-8(3-5-9)13-10-11-6-1-7-12-10/h1,6-9,14H,2-5H2,(H,11,12,13)/t8-,9-. The smallest absolute Gasteiger partial charge is 0.222 e. The first-order valence-corrected chi connectivity index (χ1v) is 5.06. The topological polar surface area (TPSA) is 58.0 Å². The van der Waals surface area contributed by atoms with Crippen molar-refractivity contribution in [2.45, 2.75) is 37.8 Å². The van der Waals surface area contributed by atoms with Crippen LogP contribution in [-0.2, 0) is 0 Å². The van der Waals surface area contributed by atoms with Crippen LogP contribution < -0.4 is 5.32 Å². The zero-order valence-corrected chi connectivity index (χ0v) is 8.06. The van der Waals surface area contributed by atoms with Crippen LogP contribution in [0.2, 0.25) is 0 Å². The Morgan fingerprint density at radius 3 is 2.43 bits per heavy atom. The van der Waals surface area contributed by atoms with E-state index in [1.54, 1.807) is 18.5 Å². The van der Waals surface area contributed by atoms with Crippen LogP contribution in [0.1, 0.15) is 25.7 Å². The fourth-order valence-corrected chi connectivity index (χ4v) is 1.78. The zero-order chi connectivity index (χ0) is 9.80. The van der Waals surface area contributed by atoms with Gasteiger partial charge < -0.3 is 10.4 Å². The molecule has 1 saturated carbocycles. The van der Waals surface area contributed by atoms with E-state index in [9.17, 15) is 5.11 Å². The Labute approximate surface area is 83.4 Å². The maximum absolute atomic E-state index is 9.33. The lowest BCUT2D eigenvalue weighted by Crippen LogP contribution is -2.28. The van der Waals surface area contributed by atoms with Crippen molar-refractivity contribution < 1.29 is 5.11 Å². The molecule has 0 aliphatic heterocycles. The van der Waals surface area contributed by atoms with E-state index in [2.05, 4.69) is 15.3 Å². The summed E-state index contributed by atoms with van der Waals surface area (Å²) < 4.78 is 0. The van der Waals surface area contributed by atoms with E-state index in [1.807, 2.05) is 0 Å². The summed E-state index contributed by atoms with van der Waals surface area (Å²) in [5.74, 6) is 0.689. The summed E-state index contributed by atoms with van der Waals surface area (Å²) in [6.07, 6.45) is 7.11. The Balaban J connectivity index is 1.87. The fourth-order valence-electron chi connectivity index (χ4n) is 1.78. The molecule has 1 aliphatic rings. The van der Waals surface area contributed by atoms with Crippen LogP contribution in [0, 0.1) is 0 Å². The molecule has 2 N–H and O–H groups in total. The number of anilines is 1. The van der Waals surface area contributed by atoms with Gasteiger partial charge in [0.2, 0.25) is 5.95 Å². The molecule has 1 aromatic rings. The second-order valence-electron chi connectivity index (χ2n) is 3.72. The number of aromatic nitrogens is 2. The van der Waals surface area contributed by atoms with Gasteiger partial charge in [0, 0.05) is 18.4 Å². The summed E-state index contributed by atoms with van der Waals surface area (Å²) in [7, 11) is 0. The fraction of sp³-hybridized carbons (Fsp3) is 0.600. The minimum absolute atomic E-state index is 0.107. The number of hydrogen-bond donors (Lipinski definition) is 2. The first-order valence-electron chi connectivity index (χ1n) is 5.06. The van der Waals surface area contributed by atoms with Crippen molar-refractivity contribution in [3.05, 3.63) is 18.5 Å². The van der Waals surface area contributed by atoms with Crippen molar-refractivity contribution in [1.29, 1.82) is 0 Å². The molecule has 0 spiro atoms. The molecule has 2 rings (SSSR count). The zero-order valence-electron chi connectivity index (χ0n) is 8.06. The third-order valence-corrected chi connectivity index (χ3v) is 2.60. The average Bonchev–Trinajstić information content (AvgIpc) is 2.23. The highest BCUT2D eigenvalue weighted by atomic mass is 16.3. The summed E-state index contributed by atoms with van der Waals surface area (Å²) in [6, 6.07) is 2.22. The largest absolute Gasteiger partial charge is 0.393 e. The molecule has 0 aromatic carbocycles. The second kappa shape index (κ2) is 4.37. The number of nitrogens with zero attached hydrogens (tertiary/aromatic N) is 2. The predicted octanol–water partition coefficient (Wildman–Crippen LogP) is 1.19. The van der Waals surface area contributed by atoms with Crippen molar-refractivity contribution >= 4 is 5.95 Å². The Morgan fingerprint density at radius 2 is 1.79 bits per heavy atom. The summed E-state index contributed by atoms with van der Waals surface area (Å²) >= 11 is 0. The number of hydrogen-bond acceptors (Lipinski definition) is 4. The minimum Gasteiger partial charge on any atom is -0.393 e. The molecule has 0 unspecified atom stereocenters. The van der Waals surface area contributed by atoms with Gasteiger partial charge in [-0.25, -0.2) is 9.97 Å². The molecule has 1 heterocycles. The van der Waals surface area contributed by atoms with Crippen LogP contribution >= 0.6 is 0 Å². The third-order valence-electron chi connectivity index (χ3n) is 2.60. The van der Waals surface area contributed by atoms with Crippen molar-refractivity contribution in [1.82, 2.24) is 9.97 Å². The maximum atomic E-state index is 9.33. The summed E-state index contributed by atoms with van der Waals surface area (Å²) in [6.45, 7) is 0. The van der Waals surface area contributed by atoms with Gasteiger partial charge in [-0.15, -0.1) is 0 Å². The molecular formula is C10H15N3O. The van der Waals surface area contributed by atoms with Crippen LogP contribution in [0.15, 0.2) is 18.5 Å². The molecule has 1 fully saturated rings. The van der Waals surface area contributed by atoms with E-state index in [4.69, 9.17) is 0 Å². The van der Waals surface area contributed by atoms with Gasteiger partial charge in [0.15, 0.2) is 0 Å². The van der Waals surface area contributed by atoms with E-state index in [1.165, 1.54) is 0 Å². The third kappa shape index (κ3) is 2.42. The highest BCUT2D eigenvalue weighted by Gasteiger charge is 2.19. The molecule has 0 bridgehead atoms. The first-order chi connectivity index (χ1) is 6.84. The van der Waals surface area contributed by atoms with E-state index >= 15 is 0 Å². The highest BCUT2D eigenvalue weighted by molar-refractivity contribution is 5.24. The van der Waals surface area contributed by atoms with E-state index in [0.29, 0.717) is 12.0 Å². The Bertz CT molecular complexity index is 270. The first kappa shape index (κ1) is 9.40. The van der Waals surface area contributed by atoms with Gasteiger partial charge in [-0.2, -0.15) is 0 Å². The molecule has 1 aromatic heterocycles. The van der Waals surface area contributed by atoms with E-state index in [0.717, 1.165) is 25.7 Å². The molecule has 1 aliphatic carbocycles. The van der Waals surface area contributed by atoms with E-state index < -0.39 is 0 Å². The van der Waals surface area contributed by atoms with Crippen molar-refractivity contribution in [2.75, 3.05) is 5.32 Å². The number of nitrogens with one attached hydrogen (secondary N) is 1. The van der Waals surface area contributed by atoms with Gasteiger partial charge in [0.1, 0.15) is 0 Å². The molecule has 0 radical (unpaired) electrons. The number of rotatable bonds is 2. The van der Waals surface area contributed by atoms with Crippen LogP contribution in [0.3, 0.4) is 0 Å². The Hall–Kier alpha value is -1.16. The highest BCUT2D eigenvalue weighted by Crippen LogP contribution is 2.20. The van der Waals surface area contributed by atoms with E-state index in [-0.39, 0.29) is 6.10 Å². The van der Waals surface area contributed by atoms with Crippen LogP contribution in [0.4, 0.5) is 5.95 Å². The summed E-state index contributed by atoms with van der Waals surface area (Å²) in [4.78, 5) is 8.21. The van der Waals surface area contributed by atoms with Crippen molar-refractivity contribution in [3.63, 3.8) is 0 Å². The quantitative estimate of drug-likeness (QED) is 0.740. The number of aliphatic hydroxyl groups is 1. The lowest BCUT2D eigenvalue weighted by atomic mass is 9.93. The average molecular weight is 193 g/mol. The molecule has 14 heavy (non-hydrogen) atoms. The number of aliphatic hydroxyl groups excluding tert-OH is 1. The van der Waals surface area contributed by atoms with Crippen molar-refractivity contribution in [2.24, 2.45) is 0 Å². The molecular weight excluding hydrogens is 178 g/mol. The van der Waals surface area contributed by atoms with Gasteiger partial charge >= 0.3 is 0 Å². The molecule has 0 atom stereocenters. The monoisotopic (exact) mass is 193 g/mol. The predicted molar refractivity (Wildman–Crippen MR) is 53.9 cm³/mol. The molecule has 76 valence electrons. The summed E-state index contributed by atoms with van der Waals surface area (Å²) in [5.41, 5.74) is 0. The molecule has 0 amide bonds. The normalized spacial score (nSPS) is 27.2. The molecule has 0 saturated heterocycles. The van der Waals surface area contributed by atoms with Gasteiger partial charge in [-0.3, -0.25) is 0 Å². The van der Waals surface area contributed by atoms with Gasteiger partial charge in [0.05, 0.1) is 6.10 Å².